The first-order valence-electron chi connectivity index (χ1n) is 7.44. The third kappa shape index (κ3) is 4.32. The monoisotopic (exact) mass is 363 g/mol. The van der Waals surface area contributed by atoms with E-state index >= 15 is 0 Å². The Balaban J connectivity index is 1.77. The number of halogens is 2. The van der Waals surface area contributed by atoms with Gasteiger partial charge in [-0.1, -0.05) is 63.9 Å². The molecule has 0 bridgehead atoms. The van der Waals surface area contributed by atoms with E-state index in [4.69, 9.17) is 11.6 Å². The molecule has 1 aliphatic carbocycles. The Labute approximate surface area is 139 Å². The maximum Gasteiger partial charge on any atom is 0.0449 e. The van der Waals surface area contributed by atoms with Crippen molar-refractivity contribution in [1.29, 1.82) is 0 Å². The highest BCUT2D eigenvalue weighted by Gasteiger charge is 2.23. The lowest BCUT2D eigenvalue weighted by Gasteiger charge is -2.19. The van der Waals surface area contributed by atoms with Crippen LogP contribution in [0.2, 0.25) is 5.02 Å². The van der Waals surface area contributed by atoms with E-state index in [2.05, 4.69) is 63.7 Å². The zero-order valence-electron chi connectivity index (χ0n) is 11.9. The Morgan fingerprint density at radius 1 is 1.14 bits per heavy atom. The second-order valence-electron chi connectivity index (χ2n) is 5.73. The van der Waals surface area contributed by atoms with Gasteiger partial charge in [-0.25, -0.2) is 0 Å². The maximum absolute atomic E-state index is 6.39. The van der Waals surface area contributed by atoms with E-state index in [0.717, 1.165) is 28.5 Å². The van der Waals surface area contributed by atoms with E-state index in [1.807, 2.05) is 6.07 Å². The second kappa shape index (κ2) is 6.95. The molecule has 1 nitrogen and oxygen atoms in total. The molecule has 1 saturated carbocycles. The summed E-state index contributed by atoms with van der Waals surface area (Å²) < 4.78 is 1.03. The normalized spacial score (nSPS) is 15.9. The van der Waals surface area contributed by atoms with Crippen LogP contribution >= 0.6 is 27.5 Å². The SMILES string of the molecule is Clc1cc(Br)ccc1CC(CNC1CC1)c1ccccc1. The van der Waals surface area contributed by atoms with Crippen molar-refractivity contribution in [3.05, 3.63) is 69.2 Å². The van der Waals surface area contributed by atoms with Crippen LogP contribution in [-0.2, 0) is 6.42 Å². The molecule has 110 valence electrons. The van der Waals surface area contributed by atoms with Crippen molar-refractivity contribution in [2.75, 3.05) is 6.54 Å². The average Bonchev–Trinajstić information content (AvgIpc) is 3.31. The highest BCUT2D eigenvalue weighted by molar-refractivity contribution is 9.10. The van der Waals surface area contributed by atoms with E-state index in [-0.39, 0.29) is 0 Å². The lowest BCUT2D eigenvalue weighted by molar-refractivity contribution is 0.577. The predicted octanol–water partition coefficient (Wildman–Crippen LogP) is 5.18. The Kier molecular flexibility index (Phi) is 4.99. The fraction of sp³-hybridized carbons (Fsp3) is 0.333. The zero-order valence-corrected chi connectivity index (χ0v) is 14.2. The van der Waals surface area contributed by atoms with Crippen LogP contribution in [0.1, 0.15) is 29.9 Å². The van der Waals surface area contributed by atoms with Gasteiger partial charge in [0.05, 0.1) is 0 Å². The first-order valence-corrected chi connectivity index (χ1v) is 8.62. The molecular weight excluding hydrogens is 346 g/mol. The highest BCUT2D eigenvalue weighted by atomic mass is 79.9. The smallest absolute Gasteiger partial charge is 0.0449 e. The minimum absolute atomic E-state index is 0.463. The van der Waals surface area contributed by atoms with Crippen LogP contribution in [0, 0.1) is 0 Å². The molecule has 0 aliphatic heterocycles. The Bertz CT molecular complexity index is 595. The quantitative estimate of drug-likeness (QED) is 0.744. The van der Waals surface area contributed by atoms with Crippen molar-refractivity contribution >= 4 is 27.5 Å². The first-order chi connectivity index (χ1) is 10.2. The molecule has 21 heavy (non-hydrogen) atoms. The van der Waals surface area contributed by atoms with Crippen molar-refractivity contribution in [1.82, 2.24) is 5.32 Å². The Hall–Kier alpha value is -0.830. The summed E-state index contributed by atoms with van der Waals surface area (Å²) in [6, 6.07) is 17.6. The molecule has 0 heterocycles. The summed E-state index contributed by atoms with van der Waals surface area (Å²) in [7, 11) is 0. The van der Waals surface area contributed by atoms with Gasteiger partial charge in [0.2, 0.25) is 0 Å². The van der Waals surface area contributed by atoms with Crippen molar-refractivity contribution in [2.24, 2.45) is 0 Å². The molecule has 0 amide bonds. The number of hydrogen-bond donors (Lipinski definition) is 1. The summed E-state index contributed by atoms with van der Waals surface area (Å²) in [6.07, 6.45) is 3.61. The molecule has 0 spiro atoms. The van der Waals surface area contributed by atoms with Gasteiger partial charge in [0.25, 0.3) is 0 Å². The fourth-order valence-electron chi connectivity index (χ4n) is 2.58. The molecule has 2 aromatic rings. The lowest BCUT2D eigenvalue weighted by Crippen LogP contribution is -2.24. The summed E-state index contributed by atoms with van der Waals surface area (Å²) >= 11 is 9.85. The highest BCUT2D eigenvalue weighted by Crippen LogP contribution is 2.28. The number of nitrogens with one attached hydrogen (secondary N) is 1. The van der Waals surface area contributed by atoms with E-state index in [9.17, 15) is 0 Å². The van der Waals surface area contributed by atoms with E-state index in [1.165, 1.54) is 24.0 Å². The number of benzene rings is 2. The van der Waals surface area contributed by atoms with Gasteiger partial charge in [-0.3, -0.25) is 0 Å². The standard InChI is InChI=1S/C18H19BrClN/c19-16-7-6-14(18(20)11-16)10-15(12-21-17-8-9-17)13-4-2-1-3-5-13/h1-7,11,15,17,21H,8-10,12H2. The van der Waals surface area contributed by atoms with Crippen molar-refractivity contribution in [3.8, 4) is 0 Å². The van der Waals surface area contributed by atoms with Gasteiger partial charge in [0.1, 0.15) is 0 Å². The fourth-order valence-corrected chi connectivity index (χ4v) is 3.33. The lowest BCUT2D eigenvalue weighted by atomic mass is 9.92. The Morgan fingerprint density at radius 2 is 1.90 bits per heavy atom. The minimum atomic E-state index is 0.463. The van der Waals surface area contributed by atoms with E-state index in [0.29, 0.717) is 5.92 Å². The summed E-state index contributed by atoms with van der Waals surface area (Å²) in [5.74, 6) is 0.463. The summed E-state index contributed by atoms with van der Waals surface area (Å²) in [5.41, 5.74) is 2.59. The first kappa shape index (κ1) is 15.1. The molecule has 3 rings (SSSR count). The molecule has 0 aromatic heterocycles. The van der Waals surface area contributed by atoms with Crippen LogP contribution in [0.15, 0.2) is 53.0 Å². The molecule has 1 N–H and O–H groups in total. The van der Waals surface area contributed by atoms with Crippen LogP contribution in [0.25, 0.3) is 0 Å². The van der Waals surface area contributed by atoms with Crippen LogP contribution in [-0.4, -0.2) is 12.6 Å². The van der Waals surface area contributed by atoms with Gasteiger partial charge in [-0.15, -0.1) is 0 Å². The average molecular weight is 365 g/mol. The van der Waals surface area contributed by atoms with Crippen molar-refractivity contribution in [3.63, 3.8) is 0 Å². The maximum atomic E-state index is 6.39. The van der Waals surface area contributed by atoms with E-state index in [1.54, 1.807) is 0 Å². The summed E-state index contributed by atoms with van der Waals surface area (Å²) in [6.45, 7) is 1.01. The zero-order chi connectivity index (χ0) is 14.7. The molecule has 1 fully saturated rings. The van der Waals surface area contributed by atoms with Crippen molar-refractivity contribution in [2.45, 2.75) is 31.2 Å². The summed E-state index contributed by atoms with van der Waals surface area (Å²) in [4.78, 5) is 0. The van der Waals surface area contributed by atoms with Crippen LogP contribution in [0.3, 0.4) is 0 Å². The van der Waals surface area contributed by atoms with Gasteiger partial charge < -0.3 is 5.32 Å². The van der Waals surface area contributed by atoms with Gasteiger partial charge in [-0.2, -0.15) is 0 Å². The third-order valence-corrected chi connectivity index (χ3v) is 4.83. The third-order valence-electron chi connectivity index (χ3n) is 3.98. The molecule has 3 heteroatoms. The van der Waals surface area contributed by atoms with Crippen LogP contribution < -0.4 is 5.32 Å². The molecular formula is C18H19BrClN. The second-order valence-corrected chi connectivity index (χ2v) is 7.05. The largest absolute Gasteiger partial charge is 0.313 e. The molecule has 0 radical (unpaired) electrons. The van der Waals surface area contributed by atoms with Gasteiger partial charge in [0, 0.05) is 28.0 Å². The van der Waals surface area contributed by atoms with E-state index < -0.39 is 0 Å². The van der Waals surface area contributed by atoms with Gasteiger partial charge in [-0.05, 0) is 42.5 Å². The predicted molar refractivity (Wildman–Crippen MR) is 93.1 cm³/mol. The molecule has 1 aliphatic rings. The number of rotatable bonds is 6. The molecule has 1 atom stereocenters. The summed E-state index contributed by atoms with van der Waals surface area (Å²) in [5, 5.41) is 4.50. The molecule has 2 aromatic carbocycles. The van der Waals surface area contributed by atoms with Crippen molar-refractivity contribution < 1.29 is 0 Å². The van der Waals surface area contributed by atoms with Crippen LogP contribution in [0.5, 0.6) is 0 Å². The minimum Gasteiger partial charge on any atom is -0.313 e. The molecule has 0 saturated heterocycles. The van der Waals surface area contributed by atoms with Crippen LogP contribution in [0.4, 0.5) is 0 Å². The molecule has 1 unspecified atom stereocenters. The number of hydrogen-bond acceptors (Lipinski definition) is 1. The van der Waals surface area contributed by atoms with Gasteiger partial charge >= 0.3 is 0 Å². The Morgan fingerprint density at radius 3 is 2.57 bits per heavy atom. The van der Waals surface area contributed by atoms with Gasteiger partial charge in [0.15, 0.2) is 0 Å². The topological polar surface area (TPSA) is 12.0 Å².